The summed E-state index contributed by atoms with van der Waals surface area (Å²) in [4.78, 5) is 49.4. The maximum atomic E-state index is 13.5. The lowest BCUT2D eigenvalue weighted by molar-refractivity contribution is -0.114. The minimum Gasteiger partial charge on any atom is -0.348 e. The van der Waals surface area contributed by atoms with Crippen LogP contribution in [0, 0.1) is 11.6 Å². The Bertz CT molecular complexity index is 1910. The van der Waals surface area contributed by atoms with E-state index in [1.807, 2.05) is 36.4 Å². The SMILES string of the molecule is CC(=O)Nc1ccc(Nc2ncc3cc(C=CCNC(=O)c4cncn(Cc5ccc(F)c(F)c5)c4=O)ccc3n2)cc1. The quantitative estimate of drug-likeness (QED) is 0.231. The molecule has 0 saturated heterocycles. The molecule has 0 aliphatic carbocycles. The first-order valence-corrected chi connectivity index (χ1v) is 13.1. The molecule has 0 aliphatic heterocycles. The summed E-state index contributed by atoms with van der Waals surface area (Å²) in [5.41, 5.74) is 2.62. The lowest BCUT2D eigenvalue weighted by Gasteiger charge is -2.08. The van der Waals surface area contributed by atoms with Gasteiger partial charge in [-0.1, -0.05) is 24.3 Å². The molecule has 0 radical (unpaired) electrons. The first kappa shape index (κ1) is 28.7. The molecule has 5 aromatic rings. The molecule has 0 bridgehead atoms. The average molecular weight is 582 g/mol. The second-order valence-corrected chi connectivity index (χ2v) is 9.50. The molecular weight excluding hydrogens is 556 g/mol. The Balaban J connectivity index is 1.18. The second-order valence-electron chi connectivity index (χ2n) is 9.50. The van der Waals surface area contributed by atoms with Crippen LogP contribution in [0.15, 0.2) is 90.3 Å². The Kier molecular flexibility index (Phi) is 8.56. The summed E-state index contributed by atoms with van der Waals surface area (Å²) < 4.78 is 27.9. The molecule has 2 amide bonds. The van der Waals surface area contributed by atoms with E-state index in [-0.39, 0.29) is 24.6 Å². The van der Waals surface area contributed by atoms with Gasteiger partial charge < -0.3 is 16.0 Å². The van der Waals surface area contributed by atoms with Gasteiger partial charge in [0.15, 0.2) is 11.6 Å². The van der Waals surface area contributed by atoms with Gasteiger partial charge in [-0.2, -0.15) is 0 Å². The van der Waals surface area contributed by atoms with Gasteiger partial charge in [-0.25, -0.2) is 23.7 Å². The van der Waals surface area contributed by atoms with Crippen molar-refractivity contribution in [2.75, 3.05) is 17.2 Å². The molecule has 5 rings (SSSR count). The van der Waals surface area contributed by atoms with Crippen molar-refractivity contribution >= 4 is 46.1 Å². The highest BCUT2D eigenvalue weighted by Gasteiger charge is 2.13. The van der Waals surface area contributed by atoms with Crippen molar-refractivity contribution in [3.05, 3.63) is 124 Å². The van der Waals surface area contributed by atoms with Gasteiger partial charge in [-0.3, -0.25) is 19.0 Å². The number of benzene rings is 3. The van der Waals surface area contributed by atoms with Crippen LogP contribution in [0.2, 0.25) is 0 Å². The molecule has 0 spiro atoms. The topological polar surface area (TPSA) is 131 Å². The van der Waals surface area contributed by atoms with Crippen LogP contribution in [0.25, 0.3) is 17.0 Å². The monoisotopic (exact) mass is 581 g/mol. The van der Waals surface area contributed by atoms with Gasteiger partial charge in [-0.15, -0.1) is 0 Å². The molecule has 10 nitrogen and oxygen atoms in total. The Labute approximate surface area is 244 Å². The van der Waals surface area contributed by atoms with Crippen LogP contribution < -0.4 is 21.5 Å². The van der Waals surface area contributed by atoms with Gasteiger partial charge in [-0.05, 0) is 59.7 Å². The van der Waals surface area contributed by atoms with Crippen molar-refractivity contribution in [2.45, 2.75) is 13.5 Å². The van der Waals surface area contributed by atoms with Crippen molar-refractivity contribution in [1.82, 2.24) is 24.8 Å². The maximum absolute atomic E-state index is 13.5. The van der Waals surface area contributed by atoms with E-state index in [1.165, 1.54) is 19.3 Å². The average Bonchev–Trinajstić information content (AvgIpc) is 2.99. The highest BCUT2D eigenvalue weighted by atomic mass is 19.2. The molecule has 43 heavy (non-hydrogen) atoms. The number of hydrogen-bond donors (Lipinski definition) is 3. The van der Waals surface area contributed by atoms with Gasteiger partial charge >= 0.3 is 0 Å². The normalized spacial score (nSPS) is 11.0. The maximum Gasteiger partial charge on any atom is 0.266 e. The van der Waals surface area contributed by atoms with Crippen LogP contribution in [-0.2, 0) is 11.3 Å². The molecule has 0 fully saturated rings. The zero-order valence-electron chi connectivity index (χ0n) is 22.8. The highest BCUT2D eigenvalue weighted by molar-refractivity contribution is 5.93. The number of hydrogen-bond acceptors (Lipinski definition) is 7. The zero-order valence-corrected chi connectivity index (χ0v) is 22.8. The van der Waals surface area contributed by atoms with E-state index in [2.05, 4.69) is 30.9 Å². The highest BCUT2D eigenvalue weighted by Crippen LogP contribution is 2.20. The first-order chi connectivity index (χ1) is 20.7. The largest absolute Gasteiger partial charge is 0.348 e. The summed E-state index contributed by atoms with van der Waals surface area (Å²) in [6, 6.07) is 16.1. The molecule has 3 aromatic carbocycles. The molecule has 3 N–H and O–H groups in total. The van der Waals surface area contributed by atoms with E-state index in [0.717, 1.165) is 45.1 Å². The molecule has 12 heteroatoms. The summed E-state index contributed by atoms with van der Waals surface area (Å²) in [6.07, 6.45) is 7.64. The number of fused-ring (bicyclic) bond motifs is 1. The number of nitrogens with one attached hydrogen (secondary N) is 3. The predicted octanol–water partition coefficient (Wildman–Crippen LogP) is 4.66. The summed E-state index contributed by atoms with van der Waals surface area (Å²) in [7, 11) is 0. The Morgan fingerprint density at radius 2 is 1.74 bits per heavy atom. The van der Waals surface area contributed by atoms with Gasteiger partial charge in [0.1, 0.15) is 5.56 Å². The van der Waals surface area contributed by atoms with Crippen LogP contribution in [-0.4, -0.2) is 37.9 Å². The summed E-state index contributed by atoms with van der Waals surface area (Å²) in [6.45, 7) is 1.53. The third-order valence-corrected chi connectivity index (χ3v) is 6.24. The van der Waals surface area contributed by atoms with Crippen molar-refractivity contribution in [3.63, 3.8) is 0 Å². The fourth-order valence-electron chi connectivity index (χ4n) is 4.18. The van der Waals surface area contributed by atoms with Crippen LogP contribution in [0.3, 0.4) is 0 Å². The van der Waals surface area contributed by atoms with Gasteiger partial charge in [0.25, 0.3) is 11.5 Å². The van der Waals surface area contributed by atoms with Gasteiger partial charge in [0, 0.05) is 42.6 Å². The fraction of sp³-hybridized carbons (Fsp3) is 0.0968. The lowest BCUT2D eigenvalue weighted by atomic mass is 10.1. The van der Waals surface area contributed by atoms with E-state index in [4.69, 9.17) is 0 Å². The van der Waals surface area contributed by atoms with Crippen LogP contribution in [0.5, 0.6) is 0 Å². The predicted molar refractivity (Wildman–Crippen MR) is 159 cm³/mol. The van der Waals surface area contributed by atoms with E-state index in [1.54, 1.807) is 24.4 Å². The number of anilines is 3. The number of amides is 2. The Hall–Kier alpha value is -5.78. The lowest BCUT2D eigenvalue weighted by Crippen LogP contribution is -2.33. The minimum absolute atomic E-state index is 0.0691. The second kappa shape index (κ2) is 12.8. The van der Waals surface area contributed by atoms with E-state index >= 15 is 0 Å². The van der Waals surface area contributed by atoms with Gasteiger partial charge in [0.05, 0.1) is 18.4 Å². The number of nitrogens with zero attached hydrogens (tertiary/aromatic N) is 4. The molecule has 0 saturated carbocycles. The van der Waals surface area contributed by atoms with Crippen molar-refractivity contribution in [3.8, 4) is 0 Å². The van der Waals surface area contributed by atoms with E-state index in [0.29, 0.717) is 17.2 Å². The zero-order chi connectivity index (χ0) is 30.3. The molecule has 0 aliphatic rings. The van der Waals surface area contributed by atoms with E-state index < -0.39 is 23.1 Å². The molecule has 2 aromatic heterocycles. The van der Waals surface area contributed by atoms with Crippen molar-refractivity contribution < 1.29 is 18.4 Å². The summed E-state index contributed by atoms with van der Waals surface area (Å²) in [5.74, 6) is -2.35. The summed E-state index contributed by atoms with van der Waals surface area (Å²) in [5, 5.41) is 9.32. The fourth-order valence-corrected chi connectivity index (χ4v) is 4.18. The molecule has 216 valence electrons. The Morgan fingerprint density at radius 1 is 0.953 bits per heavy atom. The molecular formula is C31H25F2N7O3. The molecule has 2 heterocycles. The van der Waals surface area contributed by atoms with Crippen molar-refractivity contribution in [1.29, 1.82) is 0 Å². The number of rotatable bonds is 9. The van der Waals surface area contributed by atoms with E-state index in [9.17, 15) is 23.2 Å². The first-order valence-electron chi connectivity index (χ1n) is 13.1. The number of aromatic nitrogens is 4. The van der Waals surface area contributed by atoms with Crippen molar-refractivity contribution in [2.24, 2.45) is 0 Å². The standard InChI is InChI=1S/C31H25F2N7O3/c1-19(41)37-23-6-8-24(9-7-23)38-31-36-15-22-13-20(5-11-28(22)39-31)3-2-12-35-29(42)25-16-34-18-40(30(25)43)17-21-4-10-26(32)27(33)14-21/h2-11,13-16,18H,12,17H2,1H3,(H,35,42)(H,37,41)(H,36,38,39). The minimum atomic E-state index is -1.02. The van der Waals surface area contributed by atoms with Crippen LogP contribution in [0.4, 0.5) is 26.1 Å². The number of carbonyl (C=O) groups is 2. The number of carbonyl (C=O) groups excluding carboxylic acids is 2. The van der Waals surface area contributed by atoms with Crippen LogP contribution >= 0.6 is 0 Å². The molecule has 0 atom stereocenters. The number of halogens is 2. The summed E-state index contributed by atoms with van der Waals surface area (Å²) >= 11 is 0. The van der Waals surface area contributed by atoms with Gasteiger partial charge in [0.2, 0.25) is 11.9 Å². The third kappa shape index (κ3) is 7.30. The smallest absolute Gasteiger partial charge is 0.266 e. The Morgan fingerprint density at radius 3 is 2.51 bits per heavy atom. The third-order valence-electron chi connectivity index (χ3n) is 6.24. The molecule has 0 unspecified atom stereocenters. The van der Waals surface area contributed by atoms with Crippen LogP contribution in [0.1, 0.15) is 28.4 Å².